The minimum Gasteiger partial charge on any atom is -0.347 e. The Morgan fingerprint density at radius 2 is 1.77 bits per heavy atom. The van der Waals surface area contributed by atoms with Crippen molar-refractivity contribution in [1.82, 2.24) is 29.9 Å². The Kier molecular flexibility index (Phi) is 9.39. The second-order valence-electron chi connectivity index (χ2n) is 13.7. The van der Waals surface area contributed by atoms with Crippen LogP contribution in [-0.2, 0) is 46.9 Å². The van der Waals surface area contributed by atoms with Gasteiger partial charge in [0.05, 0.1) is 28.0 Å². The molecule has 3 aromatic carbocycles. The van der Waals surface area contributed by atoms with Crippen LogP contribution in [0.25, 0.3) is 32.2 Å². The number of aryl methyl sites for hydroxylation is 1. The summed E-state index contributed by atoms with van der Waals surface area (Å²) >= 11 is 1.04. The van der Waals surface area contributed by atoms with E-state index < -0.39 is 81.0 Å². The average molecular weight is 819 g/mol. The summed E-state index contributed by atoms with van der Waals surface area (Å²) in [6.07, 6.45) is -4.48. The Balaban J connectivity index is 1.40. The van der Waals surface area contributed by atoms with Crippen LogP contribution >= 0.6 is 11.3 Å². The molecule has 3 heterocycles. The molecule has 1 aliphatic rings. The first-order valence-electron chi connectivity index (χ1n) is 16.7. The van der Waals surface area contributed by atoms with Crippen molar-refractivity contribution in [3.05, 3.63) is 93.3 Å². The number of hydrogen-bond acceptors (Lipinski definition) is 8. The maximum Gasteiger partial charge on any atom is 0.435 e. The Morgan fingerprint density at radius 3 is 2.41 bits per heavy atom. The third-order valence-corrected chi connectivity index (χ3v) is 11.3. The zero-order valence-corrected chi connectivity index (χ0v) is 31.3. The van der Waals surface area contributed by atoms with Gasteiger partial charge in [-0.25, -0.2) is 22.2 Å². The van der Waals surface area contributed by atoms with E-state index >= 15 is 8.78 Å². The van der Waals surface area contributed by atoms with E-state index in [0.29, 0.717) is 37.5 Å². The van der Waals surface area contributed by atoms with E-state index in [0.717, 1.165) is 36.6 Å². The van der Waals surface area contributed by atoms with Gasteiger partial charge in [0.1, 0.15) is 29.9 Å². The monoisotopic (exact) mass is 818 g/mol. The molecule has 3 atom stereocenters. The Bertz CT molecular complexity index is 2710. The summed E-state index contributed by atoms with van der Waals surface area (Å²) in [5.74, 6) is -9.48. The highest BCUT2D eigenvalue weighted by atomic mass is 32.2. The molecule has 56 heavy (non-hydrogen) atoms. The van der Waals surface area contributed by atoms with Crippen LogP contribution < -0.4 is 10.0 Å². The zero-order chi connectivity index (χ0) is 40.6. The number of aromatic nitrogens is 5. The topological polar surface area (TPSA) is 148 Å². The molecule has 2 N–H and O–H groups in total. The summed E-state index contributed by atoms with van der Waals surface area (Å²) in [6, 6.07) is 11.4. The third-order valence-electron chi connectivity index (χ3n) is 9.81. The van der Waals surface area contributed by atoms with Crippen molar-refractivity contribution in [3.8, 4) is 17.2 Å². The predicted octanol–water partition coefficient (Wildman–Crippen LogP) is 7.53. The van der Waals surface area contributed by atoms with Gasteiger partial charge in [-0.1, -0.05) is 26.0 Å². The summed E-state index contributed by atoms with van der Waals surface area (Å²) in [6.45, 7) is 1.27. The van der Waals surface area contributed by atoms with Crippen molar-refractivity contribution >= 4 is 54.2 Å². The highest BCUT2D eigenvalue weighted by Crippen LogP contribution is 2.55. The number of hydrogen-bond donors (Lipinski definition) is 2. The average Bonchev–Trinajstić information content (AvgIpc) is 3.81. The number of amides is 1. The van der Waals surface area contributed by atoms with Gasteiger partial charge in [0.25, 0.3) is 5.92 Å². The normalized spacial score (nSPS) is 17.2. The number of halogens is 7. The smallest absolute Gasteiger partial charge is 0.347 e. The molecule has 0 saturated carbocycles. The molecule has 0 spiro atoms. The lowest BCUT2D eigenvalue weighted by atomic mass is 9.90. The maximum atomic E-state index is 15.6. The lowest BCUT2D eigenvalue weighted by Crippen LogP contribution is -2.35. The number of nitriles is 1. The standard InChI is InChI=1S/C36H29F7N8O3S2/c1-16-17(2)35(39,40)33-30(16)32(36(41,42)43)47-51(33)15-28(52)45-25(10-18-8-19(37)11-20(38)9-18)24-12-26-27(55-29(14-44)46-26)13-23(24)21-6-5-7-22-31(21)50(3)48-34(22)49-56(4,53)54/h5-9,11-13,16-17,25H,10,15H2,1-4H3,(H,45,52)(H,48,49)/t16-,17+,25?/m0/s1. The van der Waals surface area contributed by atoms with Crippen LogP contribution in [0.5, 0.6) is 0 Å². The van der Waals surface area contributed by atoms with Gasteiger partial charge in [0.15, 0.2) is 16.5 Å². The number of fused-ring (bicyclic) bond motifs is 3. The van der Waals surface area contributed by atoms with Crippen molar-refractivity contribution in [2.24, 2.45) is 13.0 Å². The van der Waals surface area contributed by atoms with Gasteiger partial charge in [0, 0.05) is 35.5 Å². The number of anilines is 1. The molecule has 1 aliphatic carbocycles. The van der Waals surface area contributed by atoms with E-state index in [1.54, 1.807) is 31.3 Å². The van der Waals surface area contributed by atoms with Crippen LogP contribution in [0.1, 0.15) is 58.9 Å². The molecule has 1 amide bonds. The van der Waals surface area contributed by atoms with Gasteiger partial charge in [0.2, 0.25) is 15.9 Å². The highest BCUT2D eigenvalue weighted by Gasteiger charge is 2.57. The van der Waals surface area contributed by atoms with Gasteiger partial charge >= 0.3 is 6.18 Å². The summed E-state index contributed by atoms with van der Waals surface area (Å²) in [7, 11) is -2.22. The van der Waals surface area contributed by atoms with Gasteiger partial charge in [-0.05, 0) is 59.4 Å². The van der Waals surface area contributed by atoms with Crippen LogP contribution in [0, 0.1) is 28.9 Å². The number of carbonyl (C=O) groups excluding carboxylic acids is 1. The Hall–Kier alpha value is -5.55. The van der Waals surface area contributed by atoms with Crippen molar-refractivity contribution < 1.29 is 43.9 Å². The second-order valence-corrected chi connectivity index (χ2v) is 16.4. The molecule has 0 radical (unpaired) electrons. The highest BCUT2D eigenvalue weighted by molar-refractivity contribution is 7.92. The SMILES string of the molecule is C[C@@H]1c2c(C(F)(F)F)nn(CC(=O)NC(Cc3cc(F)cc(F)c3)c3cc4nc(C#N)sc4cc3-c3cccc4c(NS(C)(=O)=O)nn(C)c34)c2C(F)(F)[C@@H]1C. The van der Waals surface area contributed by atoms with Gasteiger partial charge < -0.3 is 5.32 Å². The number of benzene rings is 3. The van der Waals surface area contributed by atoms with E-state index in [1.165, 1.54) is 17.7 Å². The van der Waals surface area contributed by atoms with E-state index in [9.17, 15) is 40.4 Å². The molecule has 292 valence electrons. The number of thiazole rings is 1. The fourth-order valence-corrected chi connectivity index (χ4v) is 8.59. The lowest BCUT2D eigenvalue weighted by Gasteiger charge is -2.24. The molecular weight excluding hydrogens is 790 g/mol. The van der Waals surface area contributed by atoms with Crippen LogP contribution in [0.15, 0.2) is 48.5 Å². The number of nitrogens with zero attached hydrogens (tertiary/aromatic N) is 6. The molecule has 7 rings (SSSR count). The van der Waals surface area contributed by atoms with Gasteiger partial charge in [-0.2, -0.15) is 37.4 Å². The van der Waals surface area contributed by atoms with Crippen molar-refractivity contribution in [1.29, 1.82) is 5.26 Å². The van der Waals surface area contributed by atoms with Crippen LogP contribution in [0.3, 0.4) is 0 Å². The van der Waals surface area contributed by atoms with Crippen LogP contribution in [0.4, 0.5) is 36.6 Å². The molecule has 20 heteroatoms. The molecule has 1 unspecified atom stereocenters. The molecular formula is C36H29F7N8O3S2. The van der Waals surface area contributed by atoms with E-state index in [1.807, 2.05) is 6.07 Å². The molecule has 0 bridgehead atoms. The lowest BCUT2D eigenvalue weighted by molar-refractivity contribution is -0.143. The molecule has 0 saturated heterocycles. The molecule has 0 fully saturated rings. The minimum absolute atomic E-state index is 0.00421. The van der Waals surface area contributed by atoms with E-state index in [2.05, 4.69) is 25.2 Å². The number of rotatable bonds is 9. The Morgan fingerprint density at radius 1 is 1.07 bits per heavy atom. The molecule has 3 aromatic heterocycles. The summed E-state index contributed by atoms with van der Waals surface area (Å²) in [4.78, 5) is 18.3. The summed E-state index contributed by atoms with van der Waals surface area (Å²) in [5.41, 5.74) is -1.49. The first kappa shape index (κ1) is 38.7. The maximum absolute atomic E-state index is 15.6. The molecule has 6 aromatic rings. The fraction of sp³-hybridized carbons (Fsp3) is 0.306. The van der Waals surface area contributed by atoms with Crippen LogP contribution in [-0.4, -0.2) is 45.1 Å². The van der Waals surface area contributed by atoms with Crippen molar-refractivity contribution in [2.75, 3.05) is 11.0 Å². The second kappa shape index (κ2) is 13.6. The van der Waals surface area contributed by atoms with Crippen molar-refractivity contribution in [3.63, 3.8) is 0 Å². The summed E-state index contributed by atoms with van der Waals surface area (Å²) < 4.78 is 132. The largest absolute Gasteiger partial charge is 0.435 e. The number of sulfonamides is 1. The summed E-state index contributed by atoms with van der Waals surface area (Å²) in [5, 5.41) is 20.6. The number of carbonyl (C=O) groups is 1. The minimum atomic E-state index is -5.10. The van der Waals surface area contributed by atoms with E-state index in [4.69, 9.17) is 0 Å². The first-order valence-corrected chi connectivity index (χ1v) is 19.5. The zero-order valence-electron chi connectivity index (χ0n) is 29.6. The molecule has 11 nitrogen and oxygen atoms in total. The fourth-order valence-electron chi connectivity index (χ4n) is 7.31. The molecule has 0 aliphatic heterocycles. The number of para-hydroxylation sites is 1. The Labute approximate surface area is 317 Å². The number of alkyl halides is 5. The van der Waals surface area contributed by atoms with Gasteiger partial charge in [-0.15, -0.1) is 11.3 Å². The number of nitrogens with one attached hydrogen (secondary N) is 2. The van der Waals surface area contributed by atoms with Gasteiger partial charge in [-0.3, -0.25) is 18.9 Å². The quantitative estimate of drug-likeness (QED) is 0.143. The predicted molar refractivity (Wildman–Crippen MR) is 192 cm³/mol. The van der Waals surface area contributed by atoms with Crippen molar-refractivity contribution in [2.45, 2.75) is 50.9 Å². The van der Waals surface area contributed by atoms with E-state index in [-0.39, 0.29) is 33.9 Å². The van der Waals surface area contributed by atoms with Crippen LogP contribution in [0.2, 0.25) is 0 Å². The third kappa shape index (κ3) is 6.93. The first-order chi connectivity index (χ1) is 26.2.